The molecule has 1 aliphatic rings. The molecule has 0 unspecified atom stereocenters. The van der Waals surface area contributed by atoms with E-state index in [1.807, 2.05) is 12.1 Å². The van der Waals surface area contributed by atoms with Crippen LogP contribution in [0.5, 0.6) is 0 Å². The Labute approximate surface area is 155 Å². The second-order valence-electron chi connectivity index (χ2n) is 6.69. The number of hydrogen-bond donors (Lipinski definition) is 2. The third kappa shape index (κ3) is 6.84. The van der Waals surface area contributed by atoms with E-state index in [4.69, 9.17) is 16.7 Å². The number of nitrogens with zero attached hydrogens (tertiary/aromatic N) is 2. The van der Waals surface area contributed by atoms with E-state index in [-0.39, 0.29) is 18.7 Å². The Morgan fingerprint density at radius 3 is 2.56 bits per heavy atom. The van der Waals surface area contributed by atoms with E-state index in [2.05, 4.69) is 29.3 Å². The first-order valence-corrected chi connectivity index (χ1v) is 9.63. The number of likely N-dealkylation sites (tertiary alicyclic amines) is 1. The average Bonchev–Trinajstić information content (AvgIpc) is 2.62. The molecule has 6 heteroatoms. The lowest BCUT2D eigenvalue weighted by Gasteiger charge is -2.33. The normalized spacial score (nSPS) is 16.0. The monoisotopic (exact) mass is 367 g/mol. The zero-order valence-electron chi connectivity index (χ0n) is 15.1. The molecule has 0 saturated carbocycles. The minimum atomic E-state index is -0.0429. The molecule has 1 aliphatic heterocycles. The molecule has 0 atom stereocenters. The number of rotatable bonds is 8. The van der Waals surface area contributed by atoms with Crippen LogP contribution in [0.1, 0.15) is 38.2 Å². The van der Waals surface area contributed by atoms with Gasteiger partial charge in [-0.15, -0.1) is 0 Å². The van der Waals surface area contributed by atoms with Crippen molar-refractivity contribution in [2.24, 2.45) is 0 Å². The molecule has 5 nitrogen and oxygen atoms in total. The van der Waals surface area contributed by atoms with Crippen LogP contribution in [0.2, 0.25) is 5.02 Å². The highest BCUT2D eigenvalue weighted by Crippen LogP contribution is 2.16. The van der Waals surface area contributed by atoms with Crippen molar-refractivity contribution in [2.75, 3.05) is 32.8 Å². The fraction of sp³-hybridized carbons (Fsp3) is 0.632. The summed E-state index contributed by atoms with van der Waals surface area (Å²) in [5.74, 6) is 0. The molecule has 140 valence electrons. The highest BCUT2D eigenvalue weighted by Gasteiger charge is 2.22. The summed E-state index contributed by atoms with van der Waals surface area (Å²) in [7, 11) is 0. The van der Waals surface area contributed by atoms with Crippen LogP contribution in [0.4, 0.5) is 4.79 Å². The maximum Gasteiger partial charge on any atom is 0.317 e. The van der Waals surface area contributed by atoms with Gasteiger partial charge in [0.2, 0.25) is 0 Å². The molecule has 0 spiro atoms. The van der Waals surface area contributed by atoms with Gasteiger partial charge in [-0.05, 0) is 37.0 Å². The van der Waals surface area contributed by atoms with E-state index in [0.29, 0.717) is 13.1 Å². The minimum absolute atomic E-state index is 0.0106. The molecule has 0 bridgehead atoms. The predicted octanol–water partition coefficient (Wildman–Crippen LogP) is 3.11. The number of unbranched alkanes of at least 4 members (excludes halogenated alkanes) is 1. The summed E-state index contributed by atoms with van der Waals surface area (Å²) in [6, 6.07) is 8.16. The Kier molecular flexibility index (Phi) is 8.52. The van der Waals surface area contributed by atoms with Crippen molar-refractivity contribution in [3.8, 4) is 0 Å². The van der Waals surface area contributed by atoms with Crippen molar-refractivity contribution in [1.82, 2.24) is 15.1 Å². The van der Waals surface area contributed by atoms with Gasteiger partial charge in [-0.2, -0.15) is 0 Å². The molecule has 1 heterocycles. The molecule has 1 fully saturated rings. The van der Waals surface area contributed by atoms with Crippen molar-refractivity contribution in [3.63, 3.8) is 0 Å². The van der Waals surface area contributed by atoms with Crippen LogP contribution in [-0.2, 0) is 6.54 Å². The van der Waals surface area contributed by atoms with E-state index >= 15 is 0 Å². The van der Waals surface area contributed by atoms with Gasteiger partial charge in [0.25, 0.3) is 0 Å². The zero-order valence-corrected chi connectivity index (χ0v) is 15.8. The molecule has 1 saturated heterocycles. The molecule has 2 rings (SSSR count). The Balaban J connectivity index is 1.75. The first-order chi connectivity index (χ1) is 12.1. The van der Waals surface area contributed by atoms with Gasteiger partial charge in [0.1, 0.15) is 0 Å². The summed E-state index contributed by atoms with van der Waals surface area (Å²) >= 11 is 5.93. The summed E-state index contributed by atoms with van der Waals surface area (Å²) in [4.78, 5) is 16.5. The van der Waals surface area contributed by atoms with E-state index in [9.17, 15) is 4.79 Å². The molecule has 1 aromatic rings. The van der Waals surface area contributed by atoms with E-state index in [1.165, 1.54) is 5.56 Å². The zero-order chi connectivity index (χ0) is 18.1. The number of aliphatic hydroxyl groups excluding tert-OH is 1. The standard InChI is InChI=1S/C19H30ClN3O2/c1-2-3-10-23(13-14-24)19(25)21-18-8-11-22(12-9-18)15-16-4-6-17(20)7-5-16/h4-7,18,24H,2-3,8-15H2,1H3,(H,21,25). The van der Waals surface area contributed by atoms with Gasteiger partial charge in [0, 0.05) is 43.8 Å². The lowest BCUT2D eigenvalue weighted by atomic mass is 10.0. The second kappa shape index (κ2) is 10.6. The number of carbonyl (C=O) groups is 1. The molecule has 25 heavy (non-hydrogen) atoms. The van der Waals surface area contributed by atoms with Crippen LogP contribution >= 0.6 is 11.6 Å². The fourth-order valence-corrected chi connectivity index (χ4v) is 3.26. The number of aliphatic hydroxyl groups is 1. The van der Waals surface area contributed by atoms with Crippen LogP contribution in [0.15, 0.2) is 24.3 Å². The van der Waals surface area contributed by atoms with Gasteiger partial charge in [-0.3, -0.25) is 4.90 Å². The van der Waals surface area contributed by atoms with Crippen LogP contribution in [-0.4, -0.2) is 59.8 Å². The number of piperidine rings is 1. The van der Waals surface area contributed by atoms with Crippen molar-refractivity contribution < 1.29 is 9.90 Å². The third-order valence-corrected chi connectivity index (χ3v) is 4.93. The van der Waals surface area contributed by atoms with Gasteiger partial charge in [-0.1, -0.05) is 37.1 Å². The number of hydrogen-bond acceptors (Lipinski definition) is 3. The number of benzene rings is 1. The highest BCUT2D eigenvalue weighted by molar-refractivity contribution is 6.30. The Hall–Kier alpha value is -1.30. The molecular weight excluding hydrogens is 338 g/mol. The lowest BCUT2D eigenvalue weighted by molar-refractivity contribution is 0.158. The lowest BCUT2D eigenvalue weighted by Crippen LogP contribution is -2.49. The first kappa shape index (κ1) is 20.0. The van der Waals surface area contributed by atoms with Crippen molar-refractivity contribution in [2.45, 2.75) is 45.2 Å². The molecule has 2 N–H and O–H groups in total. The maximum absolute atomic E-state index is 12.4. The van der Waals surface area contributed by atoms with Crippen LogP contribution in [0.25, 0.3) is 0 Å². The van der Waals surface area contributed by atoms with Crippen LogP contribution in [0, 0.1) is 0 Å². The molecule has 0 aliphatic carbocycles. The number of halogens is 1. The molecule has 0 aromatic heterocycles. The quantitative estimate of drug-likeness (QED) is 0.742. The fourth-order valence-electron chi connectivity index (χ4n) is 3.13. The minimum Gasteiger partial charge on any atom is -0.395 e. The van der Waals surface area contributed by atoms with Gasteiger partial charge in [-0.25, -0.2) is 4.79 Å². The maximum atomic E-state index is 12.4. The topological polar surface area (TPSA) is 55.8 Å². The Bertz CT molecular complexity index is 516. The molecular formula is C19H30ClN3O2. The SMILES string of the molecule is CCCCN(CCO)C(=O)NC1CCN(Cc2ccc(Cl)cc2)CC1. The van der Waals surface area contributed by atoms with E-state index < -0.39 is 0 Å². The Morgan fingerprint density at radius 1 is 1.28 bits per heavy atom. The Morgan fingerprint density at radius 2 is 1.96 bits per heavy atom. The highest BCUT2D eigenvalue weighted by atomic mass is 35.5. The summed E-state index contributed by atoms with van der Waals surface area (Å²) < 4.78 is 0. The third-order valence-electron chi connectivity index (χ3n) is 4.67. The predicted molar refractivity (Wildman–Crippen MR) is 102 cm³/mol. The van der Waals surface area contributed by atoms with Crippen molar-refractivity contribution >= 4 is 17.6 Å². The van der Waals surface area contributed by atoms with Crippen LogP contribution < -0.4 is 5.32 Å². The number of nitrogens with one attached hydrogen (secondary N) is 1. The second-order valence-corrected chi connectivity index (χ2v) is 7.13. The van der Waals surface area contributed by atoms with E-state index in [0.717, 1.165) is 50.3 Å². The number of amides is 2. The molecule has 0 radical (unpaired) electrons. The largest absolute Gasteiger partial charge is 0.395 e. The summed E-state index contributed by atoms with van der Waals surface area (Å²) in [5.41, 5.74) is 1.26. The van der Waals surface area contributed by atoms with Gasteiger partial charge < -0.3 is 15.3 Å². The molecule has 2 amide bonds. The molecule has 1 aromatic carbocycles. The van der Waals surface area contributed by atoms with E-state index in [1.54, 1.807) is 4.90 Å². The van der Waals surface area contributed by atoms with Crippen LogP contribution in [0.3, 0.4) is 0 Å². The summed E-state index contributed by atoms with van der Waals surface area (Å²) in [5, 5.41) is 13.0. The van der Waals surface area contributed by atoms with Crippen molar-refractivity contribution in [1.29, 1.82) is 0 Å². The smallest absolute Gasteiger partial charge is 0.317 e. The summed E-state index contributed by atoms with van der Waals surface area (Å²) in [6.07, 6.45) is 3.92. The average molecular weight is 368 g/mol. The number of urea groups is 1. The van der Waals surface area contributed by atoms with Gasteiger partial charge in [0.05, 0.1) is 6.61 Å². The van der Waals surface area contributed by atoms with Gasteiger partial charge in [0.15, 0.2) is 0 Å². The summed E-state index contributed by atoms with van der Waals surface area (Å²) in [6.45, 7) is 6.09. The number of carbonyl (C=O) groups excluding carboxylic acids is 1. The first-order valence-electron chi connectivity index (χ1n) is 9.25. The van der Waals surface area contributed by atoms with Gasteiger partial charge >= 0.3 is 6.03 Å². The van der Waals surface area contributed by atoms with Crippen molar-refractivity contribution in [3.05, 3.63) is 34.9 Å².